The number of sulfonamides is 1. The number of benzene rings is 3. The third-order valence-corrected chi connectivity index (χ3v) is 8.28. The summed E-state index contributed by atoms with van der Waals surface area (Å²) in [5.41, 5.74) is 3.39. The number of halogens is 1. The second-order valence-corrected chi connectivity index (χ2v) is 12.4. The Morgan fingerprint density at radius 3 is 2.22 bits per heavy atom. The van der Waals surface area contributed by atoms with Gasteiger partial charge in [-0.15, -0.1) is 0 Å². The molecular formula is C24H20BrN3O6S2. The predicted molar refractivity (Wildman–Crippen MR) is 141 cm³/mol. The minimum absolute atomic E-state index is 0.0371. The van der Waals surface area contributed by atoms with E-state index < -0.39 is 31.2 Å². The van der Waals surface area contributed by atoms with E-state index in [0.717, 1.165) is 10.0 Å². The molecule has 0 atom stereocenters. The molecule has 0 amide bonds. The van der Waals surface area contributed by atoms with Gasteiger partial charge in [0.2, 0.25) is 10.0 Å². The van der Waals surface area contributed by atoms with Gasteiger partial charge in [0.15, 0.2) is 9.84 Å². The van der Waals surface area contributed by atoms with Gasteiger partial charge in [-0.3, -0.25) is 5.43 Å². The van der Waals surface area contributed by atoms with Crippen molar-refractivity contribution in [1.82, 2.24) is 0 Å². The van der Waals surface area contributed by atoms with Gasteiger partial charge in [0.05, 0.1) is 32.5 Å². The molecule has 1 heterocycles. The summed E-state index contributed by atoms with van der Waals surface area (Å²) in [4.78, 5) is 12.8. The maximum Gasteiger partial charge on any atom is 0.345 e. The van der Waals surface area contributed by atoms with Gasteiger partial charge in [-0.05, 0) is 67.6 Å². The van der Waals surface area contributed by atoms with E-state index in [9.17, 15) is 21.6 Å². The van der Waals surface area contributed by atoms with Crippen LogP contribution in [-0.4, -0.2) is 28.3 Å². The van der Waals surface area contributed by atoms with Crippen LogP contribution in [0.4, 0.5) is 5.69 Å². The second-order valence-electron chi connectivity index (χ2n) is 7.94. The van der Waals surface area contributed by atoms with Crippen LogP contribution in [0.1, 0.15) is 11.1 Å². The summed E-state index contributed by atoms with van der Waals surface area (Å²) in [6.07, 6.45) is 0. The molecule has 1 aromatic heterocycles. The molecule has 0 radical (unpaired) electrons. The van der Waals surface area contributed by atoms with Gasteiger partial charge >= 0.3 is 5.63 Å². The number of aryl methyl sites for hydroxylation is 1. The van der Waals surface area contributed by atoms with E-state index in [1.165, 1.54) is 42.5 Å². The fraction of sp³-hybridized carbons (Fsp3) is 0.0833. The molecule has 0 aliphatic heterocycles. The van der Waals surface area contributed by atoms with Crippen LogP contribution in [0.25, 0.3) is 11.0 Å². The number of anilines is 1. The van der Waals surface area contributed by atoms with Gasteiger partial charge in [-0.2, -0.15) is 5.10 Å². The van der Waals surface area contributed by atoms with Gasteiger partial charge < -0.3 is 4.42 Å². The minimum atomic E-state index is -3.89. The summed E-state index contributed by atoms with van der Waals surface area (Å²) in [6.45, 7) is 1.84. The summed E-state index contributed by atoms with van der Waals surface area (Å²) >= 11 is 3.37. The molecule has 0 aliphatic carbocycles. The fourth-order valence-electron chi connectivity index (χ4n) is 3.33. The molecule has 0 aliphatic rings. The Kier molecular flexibility index (Phi) is 7.14. The lowest BCUT2D eigenvalue weighted by molar-refractivity contribution is 0.559. The lowest BCUT2D eigenvalue weighted by Crippen LogP contribution is -2.24. The number of nitrogens with zero attached hydrogens (tertiary/aromatic N) is 1. The average molecular weight is 590 g/mol. The molecule has 0 bridgehead atoms. The quantitative estimate of drug-likeness (QED) is 0.189. The fourth-order valence-corrected chi connectivity index (χ4v) is 5.52. The monoisotopic (exact) mass is 589 g/mol. The Hall–Kier alpha value is -3.32. The van der Waals surface area contributed by atoms with Gasteiger partial charge in [0, 0.05) is 9.86 Å². The molecule has 0 unspecified atom stereocenters. The summed E-state index contributed by atoms with van der Waals surface area (Å²) in [6, 6.07) is 18.3. The van der Waals surface area contributed by atoms with Crippen molar-refractivity contribution in [1.29, 1.82) is 0 Å². The van der Waals surface area contributed by atoms with Crippen LogP contribution in [-0.2, 0) is 19.9 Å². The molecule has 3 N–H and O–H groups in total. The third kappa shape index (κ3) is 5.90. The van der Waals surface area contributed by atoms with Crippen molar-refractivity contribution in [2.45, 2.75) is 16.7 Å². The highest BCUT2D eigenvalue weighted by Gasteiger charge is 2.22. The summed E-state index contributed by atoms with van der Waals surface area (Å²) in [5.74, 6) is -0.595. The number of hydrazone groups is 1. The number of sulfone groups is 1. The van der Waals surface area contributed by atoms with Crippen LogP contribution in [0, 0.1) is 6.92 Å². The smallest absolute Gasteiger partial charge is 0.345 e. The largest absolute Gasteiger partial charge is 0.422 e. The highest BCUT2D eigenvalue weighted by atomic mass is 79.9. The van der Waals surface area contributed by atoms with Crippen molar-refractivity contribution in [3.05, 3.63) is 98.8 Å². The molecule has 0 saturated heterocycles. The molecule has 0 spiro atoms. The normalized spacial score (nSPS) is 12.6. The van der Waals surface area contributed by atoms with Crippen LogP contribution in [0.3, 0.4) is 0 Å². The number of hydrogen-bond acceptors (Lipinski definition) is 8. The van der Waals surface area contributed by atoms with Gasteiger partial charge in [0.25, 0.3) is 0 Å². The standard InChI is InChI=1S/C24H20BrN3O6S2/c1-15-2-7-19(8-3-15)35(30,31)14-22(28-27-18-5-9-20(10-6-18)36(26,32)33)21-13-16-12-17(25)4-11-23(16)34-24(21)29/h2-13,27H,14H2,1H3,(H2,26,32,33)/b28-22+. The molecule has 3 aromatic carbocycles. The van der Waals surface area contributed by atoms with Crippen LogP contribution in [0.5, 0.6) is 0 Å². The summed E-state index contributed by atoms with van der Waals surface area (Å²) in [7, 11) is -7.77. The molecular weight excluding hydrogens is 570 g/mol. The van der Waals surface area contributed by atoms with E-state index >= 15 is 0 Å². The van der Waals surface area contributed by atoms with Gasteiger partial charge in [0.1, 0.15) is 5.58 Å². The Labute approximate surface area is 215 Å². The lowest BCUT2D eigenvalue weighted by atomic mass is 10.1. The summed E-state index contributed by atoms with van der Waals surface area (Å²) < 4.78 is 55.5. The minimum Gasteiger partial charge on any atom is -0.422 e. The first-order chi connectivity index (χ1) is 16.9. The zero-order valence-electron chi connectivity index (χ0n) is 18.8. The number of primary sulfonamides is 1. The Bertz CT molecular complexity index is 1750. The van der Waals surface area contributed by atoms with E-state index in [-0.39, 0.29) is 21.1 Å². The van der Waals surface area contributed by atoms with E-state index in [1.54, 1.807) is 30.3 Å². The first-order valence-corrected chi connectivity index (χ1v) is 14.4. The van der Waals surface area contributed by atoms with Crippen molar-refractivity contribution in [3.63, 3.8) is 0 Å². The molecule has 0 fully saturated rings. The van der Waals surface area contributed by atoms with Crippen LogP contribution in [0.2, 0.25) is 0 Å². The SMILES string of the molecule is Cc1ccc(S(=O)(=O)C/C(=N\Nc2ccc(S(N)(=O)=O)cc2)c2cc3cc(Br)ccc3oc2=O)cc1. The molecule has 4 aromatic rings. The average Bonchev–Trinajstić information content (AvgIpc) is 2.81. The molecule has 4 rings (SSSR count). The number of nitrogens with one attached hydrogen (secondary N) is 1. The maximum atomic E-state index is 13.2. The van der Waals surface area contributed by atoms with Crippen LogP contribution >= 0.6 is 15.9 Å². The Balaban J connectivity index is 1.78. The van der Waals surface area contributed by atoms with Crippen molar-refractivity contribution in [2.75, 3.05) is 11.2 Å². The van der Waals surface area contributed by atoms with E-state index in [0.29, 0.717) is 16.7 Å². The molecule has 186 valence electrons. The topological polar surface area (TPSA) is 149 Å². The zero-order chi connectivity index (χ0) is 26.1. The maximum absolute atomic E-state index is 13.2. The number of fused-ring (bicyclic) bond motifs is 1. The third-order valence-electron chi connectivity index (χ3n) is 5.21. The number of nitrogens with two attached hydrogens (primary N) is 1. The van der Waals surface area contributed by atoms with Crippen LogP contribution in [0.15, 0.2) is 101 Å². The van der Waals surface area contributed by atoms with Crippen molar-refractivity contribution >= 4 is 58.2 Å². The zero-order valence-corrected chi connectivity index (χ0v) is 22.0. The first kappa shape index (κ1) is 25.8. The molecule has 12 heteroatoms. The highest BCUT2D eigenvalue weighted by molar-refractivity contribution is 9.10. The molecule has 36 heavy (non-hydrogen) atoms. The van der Waals surface area contributed by atoms with Crippen molar-refractivity contribution in [3.8, 4) is 0 Å². The highest BCUT2D eigenvalue weighted by Crippen LogP contribution is 2.21. The predicted octanol–water partition coefficient (Wildman–Crippen LogP) is 3.80. The second kappa shape index (κ2) is 9.97. The summed E-state index contributed by atoms with van der Waals surface area (Å²) in [5, 5.41) is 9.90. The Morgan fingerprint density at radius 1 is 0.944 bits per heavy atom. The van der Waals surface area contributed by atoms with Crippen molar-refractivity contribution in [2.24, 2.45) is 10.2 Å². The molecule has 9 nitrogen and oxygen atoms in total. The first-order valence-electron chi connectivity index (χ1n) is 10.4. The number of rotatable bonds is 7. The number of hydrogen-bond donors (Lipinski definition) is 2. The lowest BCUT2D eigenvalue weighted by Gasteiger charge is -2.10. The van der Waals surface area contributed by atoms with Crippen LogP contribution < -0.4 is 16.2 Å². The van der Waals surface area contributed by atoms with E-state index in [2.05, 4.69) is 26.5 Å². The van der Waals surface area contributed by atoms with Crippen molar-refractivity contribution < 1.29 is 21.3 Å². The Morgan fingerprint density at radius 2 is 1.58 bits per heavy atom. The van der Waals surface area contributed by atoms with E-state index in [4.69, 9.17) is 9.56 Å². The van der Waals surface area contributed by atoms with Gasteiger partial charge in [-0.25, -0.2) is 26.8 Å². The molecule has 0 saturated carbocycles. The van der Waals surface area contributed by atoms with E-state index in [1.807, 2.05) is 6.92 Å². The van der Waals surface area contributed by atoms with Gasteiger partial charge in [-0.1, -0.05) is 33.6 Å².